The second-order valence-corrected chi connectivity index (χ2v) is 4.20. The normalized spacial score (nSPS) is 12.2. The highest BCUT2D eigenvalue weighted by molar-refractivity contribution is 5.36. The first-order chi connectivity index (χ1) is 9.11. The number of halogens is 2. The topological polar surface area (TPSA) is 29.5 Å². The van der Waals surface area contributed by atoms with Gasteiger partial charge in [0, 0.05) is 12.0 Å². The molecule has 0 aliphatic rings. The largest absolute Gasteiger partial charge is 0.496 e. The summed E-state index contributed by atoms with van der Waals surface area (Å²) in [7, 11) is 1.44. The first-order valence-corrected chi connectivity index (χ1v) is 5.86. The lowest BCUT2D eigenvalue weighted by Crippen LogP contribution is -2.06. The van der Waals surface area contributed by atoms with Gasteiger partial charge in [0.05, 0.1) is 13.2 Å². The van der Waals surface area contributed by atoms with Crippen LogP contribution in [0.3, 0.4) is 0 Å². The van der Waals surface area contributed by atoms with Crippen molar-refractivity contribution in [2.24, 2.45) is 0 Å². The Morgan fingerprint density at radius 3 is 2.58 bits per heavy atom. The van der Waals surface area contributed by atoms with Gasteiger partial charge in [0.25, 0.3) is 0 Å². The van der Waals surface area contributed by atoms with E-state index in [1.54, 1.807) is 18.2 Å². The van der Waals surface area contributed by atoms with Gasteiger partial charge in [0.1, 0.15) is 17.4 Å². The Hall–Kier alpha value is -1.94. The van der Waals surface area contributed by atoms with Crippen LogP contribution in [0.5, 0.6) is 5.75 Å². The van der Waals surface area contributed by atoms with Crippen LogP contribution < -0.4 is 4.74 Å². The number of ether oxygens (including phenoxy) is 1. The van der Waals surface area contributed by atoms with Crippen molar-refractivity contribution in [2.75, 3.05) is 7.11 Å². The predicted molar refractivity (Wildman–Crippen MR) is 68.0 cm³/mol. The molecule has 100 valence electrons. The Balaban J connectivity index is 2.27. The van der Waals surface area contributed by atoms with Gasteiger partial charge in [-0.15, -0.1) is 0 Å². The molecular weight excluding hydrogens is 250 g/mol. The van der Waals surface area contributed by atoms with E-state index in [-0.39, 0.29) is 6.42 Å². The van der Waals surface area contributed by atoms with Crippen LogP contribution in [-0.2, 0) is 6.42 Å². The van der Waals surface area contributed by atoms with Crippen molar-refractivity contribution in [1.29, 1.82) is 0 Å². The minimum atomic E-state index is -1.03. The lowest BCUT2D eigenvalue weighted by Gasteiger charge is -2.15. The zero-order valence-corrected chi connectivity index (χ0v) is 10.4. The van der Waals surface area contributed by atoms with E-state index in [0.29, 0.717) is 16.9 Å². The molecule has 0 heterocycles. The van der Waals surface area contributed by atoms with Gasteiger partial charge in [-0.2, -0.15) is 0 Å². The van der Waals surface area contributed by atoms with Gasteiger partial charge in [-0.3, -0.25) is 0 Å². The molecule has 1 unspecified atom stereocenters. The summed E-state index contributed by atoms with van der Waals surface area (Å²) in [5.74, 6) is -0.481. The minimum Gasteiger partial charge on any atom is -0.496 e. The number of methoxy groups -OCH3 is 1. The van der Waals surface area contributed by atoms with E-state index in [1.165, 1.54) is 31.4 Å². The molecule has 0 saturated carbocycles. The second kappa shape index (κ2) is 5.80. The Bertz CT molecular complexity index is 570. The maximum Gasteiger partial charge on any atom is 0.126 e. The highest BCUT2D eigenvalue weighted by Crippen LogP contribution is 2.28. The van der Waals surface area contributed by atoms with Crippen LogP contribution in [0.25, 0.3) is 0 Å². The SMILES string of the molecule is COc1ccc(F)cc1C(O)Cc1ccccc1F. The molecule has 4 heteroatoms. The Morgan fingerprint density at radius 1 is 1.16 bits per heavy atom. The molecule has 1 atom stereocenters. The third-order valence-electron chi connectivity index (χ3n) is 2.92. The van der Waals surface area contributed by atoms with Crippen LogP contribution in [-0.4, -0.2) is 12.2 Å². The van der Waals surface area contributed by atoms with Gasteiger partial charge in [0.15, 0.2) is 0 Å². The van der Waals surface area contributed by atoms with Gasteiger partial charge < -0.3 is 9.84 Å². The maximum atomic E-state index is 13.5. The van der Waals surface area contributed by atoms with E-state index in [4.69, 9.17) is 4.74 Å². The number of rotatable bonds is 4. The van der Waals surface area contributed by atoms with Crippen LogP contribution in [0.4, 0.5) is 8.78 Å². The number of hydrogen-bond donors (Lipinski definition) is 1. The molecule has 2 aromatic carbocycles. The van der Waals surface area contributed by atoms with E-state index < -0.39 is 17.7 Å². The van der Waals surface area contributed by atoms with Crippen LogP contribution in [0.15, 0.2) is 42.5 Å². The molecule has 0 aromatic heterocycles. The first-order valence-electron chi connectivity index (χ1n) is 5.86. The Morgan fingerprint density at radius 2 is 1.89 bits per heavy atom. The van der Waals surface area contributed by atoms with Crippen molar-refractivity contribution >= 4 is 0 Å². The molecule has 0 aliphatic carbocycles. The minimum absolute atomic E-state index is 0.0620. The monoisotopic (exact) mass is 264 g/mol. The average Bonchev–Trinajstić information content (AvgIpc) is 2.41. The summed E-state index contributed by atoms with van der Waals surface area (Å²) in [6, 6.07) is 10.1. The van der Waals surface area contributed by atoms with Crippen LogP contribution in [0.2, 0.25) is 0 Å². The van der Waals surface area contributed by atoms with Crippen molar-refractivity contribution in [2.45, 2.75) is 12.5 Å². The Labute approximate surface area is 110 Å². The van der Waals surface area contributed by atoms with Gasteiger partial charge in [0.2, 0.25) is 0 Å². The summed E-state index contributed by atoms with van der Waals surface area (Å²) in [5.41, 5.74) is 0.687. The number of aliphatic hydroxyl groups excluding tert-OH is 1. The summed E-state index contributed by atoms with van der Waals surface area (Å²) in [4.78, 5) is 0. The van der Waals surface area contributed by atoms with E-state index in [1.807, 2.05) is 0 Å². The summed E-state index contributed by atoms with van der Waals surface area (Å²) in [6.07, 6.45) is -0.963. The summed E-state index contributed by atoms with van der Waals surface area (Å²) < 4.78 is 31.8. The molecule has 0 bridgehead atoms. The fourth-order valence-electron chi connectivity index (χ4n) is 1.95. The lowest BCUT2D eigenvalue weighted by molar-refractivity contribution is 0.172. The second-order valence-electron chi connectivity index (χ2n) is 4.20. The zero-order chi connectivity index (χ0) is 13.8. The molecule has 1 N–H and O–H groups in total. The quantitative estimate of drug-likeness (QED) is 0.918. The third-order valence-corrected chi connectivity index (χ3v) is 2.92. The summed E-state index contributed by atoms with van der Waals surface area (Å²) >= 11 is 0. The molecule has 19 heavy (non-hydrogen) atoms. The van der Waals surface area contributed by atoms with Crippen LogP contribution in [0.1, 0.15) is 17.2 Å². The molecule has 0 aliphatic heterocycles. The van der Waals surface area contributed by atoms with Crippen LogP contribution >= 0.6 is 0 Å². The molecule has 0 spiro atoms. The van der Waals surface area contributed by atoms with Crippen molar-refractivity contribution < 1.29 is 18.6 Å². The molecule has 0 radical (unpaired) electrons. The number of hydrogen-bond acceptors (Lipinski definition) is 2. The number of aliphatic hydroxyl groups is 1. The van der Waals surface area contributed by atoms with E-state index >= 15 is 0 Å². The van der Waals surface area contributed by atoms with E-state index in [0.717, 1.165) is 0 Å². The third kappa shape index (κ3) is 3.09. The molecule has 2 nitrogen and oxygen atoms in total. The lowest BCUT2D eigenvalue weighted by atomic mass is 10.00. The molecule has 2 rings (SSSR count). The molecule has 2 aromatic rings. The highest BCUT2D eigenvalue weighted by Gasteiger charge is 2.16. The van der Waals surface area contributed by atoms with E-state index in [9.17, 15) is 13.9 Å². The maximum absolute atomic E-state index is 13.5. The fraction of sp³-hybridized carbons (Fsp3) is 0.200. The van der Waals surface area contributed by atoms with Crippen LogP contribution in [0, 0.1) is 11.6 Å². The molecule has 0 saturated heterocycles. The van der Waals surface area contributed by atoms with Gasteiger partial charge >= 0.3 is 0 Å². The average molecular weight is 264 g/mol. The van der Waals surface area contributed by atoms with Gasteiger partial charge in [-0.05, 0) is 29.8 Å². The van der Waals surface area contributed by atoms with Crippen molar-refractivity contribution in [3.8, 4) is 5.75 Å². The van der Waals surface area contributed by atoms with E-state index in [2.05, 4.69) is 0 Å². The molecule has 0 fully saturated rings. The Kier molecular flexibility index (Phi) is 4.12. The summed E-state index contributed by atoms with van der Waals surface area (Å²) in [5, 5.41) is 10.1. The van der Waals surface area contributed by atoms with Gasteiger partial charge in [-0.1, -0.05) is 18.2 Å². The van der Waals surface area contributed by atoms with Crippen molar-refractivity contribution in [3.05, 3.63) is 65.2 Å². The first kappa shape index (κ1) is 13.5. The van der Waals surface area contributed by atoms with Crippen molar-refractivity contribution in [3.63, 3.8) is 0 Å². The standard InChI is InChI=1S/C15H14F2O2/c1-19-15-7-6-11(16)9-12(15)14(18)8-10-4-2-3-5-13(10)17/h2-7,9,14,18H,8H2,1H3. The number of benzene rings is 2. The smallest absolute Gasteiger partial charge is 0.126 e. The summed E-state index contributed by atoms with van der Waals surface area (Å²) in [6.45, 7) is 0. The van der Waals surface area contributed by atoms with Gasteiger partial charge in [-0.25, -0.2) is 8.78 Å². The van der Waals surface area contributed by atoms with Crippen molar-refractivity contribution in [1.82, 2.24) is 0 Å². The highest BCUT2D eigenvalue weighted by atomic mass is 19.1. The zero-order valence-electron chi connectivity index (χ0n) is 10.4. The molecular formula is C15H14F2O2. The fourth-order valence-corrected chi connectivity index (χ4v) is 1.95. The molecule has 0 amide bonds. The predicted octanol–water partition coefficient (Wildman–Crippen LogP) is 3.25.